The van der Waals surface area contributed by atoms with Gasteiger partial charge in [-0.05, 0) is 51.1 Å². The Bertz CT molecular complexity index is 979. The fourth-order valence-corrected chi connectivity index (χ4v) is 3.37. The molecule has 2 amide bonds. The molecule has 1 aliphatic heterocycles. The zero-order chi connectivity index (χ0) is 21.9. The number of carbonyl (C=O) groups excluding carboxylic acids is 2. The number of ether oxygens (including phenoxy) is 1. The third-order valence-corrected chi connectivity index (χ3v) is 5.09. The van der Waals surface area contributed by atoms with Gasteiger partial charge in [-0.3, -0.25) is 9.59 Å². The van der Waals surface area contributed by atoms with Crippen LogP contribution in [0.4, 0.5) is 9.18 Å². The number of amides is 2. The third-order valence-electron chi connectivity index (χ3n) is 5.09. The minimum atomic E-state index is -1.24. The summed E-state index contributed by atoms with van der Waals surface area (Å²) in [5.74, 6) is -0.638. The van der Waals surface area contributed by atoms with E-state index in [1.807, 2.05) is 0 Å². The van der Waals surface area contributed by atoms with E-state index in [1.165, 1.54) is 18.2 Å². The number of piperazine rings is 1. The zero-order valence-electron chi connectivity index (χ0n) is 17.3. The Balaban J connectivity index is 1.80. The van der Waals surface area contributed by atoms with E-state index in [4.69, 9.17) is 4.74 Å². The highest BCUT2D eigenvalue weighted by Crippen LogP contribution is 2.21. The standard InChI is InChI=1S/C21H25FN4O4/c1-4-30-20(29)25-13-11-24(12-14-25)19(28)21(2,3)26-18(27)10-9-17(23-26)15-5-7-16(22)8-6-15/h5-10H,4,11-14H2,1-3H3. The van der Waals surface area contributed by atoms with E-state index in [0.717, 1.165) is 4.68 Å². The molecule has 1 fully saturated rings. The summed E-state index contributed by atoms with van der Waals surface area (Å²) in [5.41, 5.74) is -0.553. The molecule has 2 heterocycles. The summed E-state index contributed by atoms with van der Waals surface area (Å²) in [7, 11) is 0. The second-order valence-corrected chi connectivity index (χ2v) is 7.51. The number of hydrogen-bond acceptors (Lipinski definition) is 5. The van der Waals surface area contributed by atoms with Crippen LogP contribution in [0.1, 0.15) is 20.8 Å². The molecule has 1 saturated heterocycles. The molecule has 1 aromatic heterocycles. The molecule has 9 heteroatoms. The Morgan fingerprint density at radius 3 is 2.23 bits per heavy atom. The molecule has 0 atom stereocenters. The first-order valence-electron chi connectivity index (χ1n) is 9.82. The van der Waals surface area contributed by atoms with Crippen LogP contribution < -0.4 is 5.56 Å². The highest BCUT2D eigenvalue weighted by atomic mass is 19.1. The maximum atomic E-state index is 13.2. The number of benzene rings is 1. The van der Waals surface area contributed by atoms with Crippen LogP contribution in [0, 0.1) is 5.82 Å². The largest absolute Gasteiger partial charge is 0.450 e. The second-order valence-electron chi connectivity index (χ2n) is 7.51. The van der Waals surface area contributed by atoms with Crippen molar-refractivity contribution in [2.75, 3.05) is 32.8 Å². The minimum absolute atomic E-state index is 0.267. The molecule has 2 aromatic rings. The number of halogens is 1. The molecule has 0 N–H and O–H groups in total. The van der Waals surface area contributed by atoms with Gasteiger partial charge in [-0.25, -0.2) is 13.9 Å². The molecule has 8 nitrogen and oxygen atoms in total. The van der Waals surface area contributed by atoms with Gasteiger partial charge in [0.05, 0.1) is 12.3 Å². The van der Waals surface area contributed by atoms with Gasteiger partial charge in [0.2, 0.25) is 5.91 Å². The minimum Gasteiger partial charge on any atom is -0.450 e. The molecule has 0 unspecified atom stereocenters. The van der Waals surface area contributed by atoms with E-state index in [-0.39, 0.29) is 11.7 Å². The van der Waals surface area contributed by atoms with Crippen molar-refractivity contribution in [2.24, 2.45) is 0 Å². The highest BCUT2D eigenvalue weighted by Gasteiger charge is 2.37. The Morgan fingerprint density at radius 2 is 1.63 bits per heavy atom. The van der Waals surface area contributed by atoms with Gasteiger partial charge in [-0.1, -0.05) is 0 Å². The summed E-state index contributed by atoms with van der Waals surface area (Å²) in [4.78, 5) is 40.7. The molecule has 160 valence electrons. The first-order valence-corrected chi connectivity index (χ1v) is 9.82. The molecule has 0 bridgehead atoms. The van der Waals surface area contributed by atoms with Crippen molar-refractivity contribution in [3.8, 4) is 11.3 Å². The summed E-state index contributed by atoms with van der Waals surface area (Å²) in [6.07, 6.45) is -0.395. The van der Waals surface area contributed by atoms with Crippen molar-refractivity contribution < 1.29 is 18.7 Å². The van der Waals surface area contributed by atoms with E-state index >= 15 is 0 Å². The van der Waals surface area contributed by atoms with E-state index in [1.54, 1.807) is 48.8 Å². The first kappa shape index (κ1) is 21.5. The summed E-state index contributed by atoms with van der Waals surface area (Å²) in [6.45, 7) is 6.71. The van der Waals surface area contributed by atoms with Gasteiger partial charge in [0.1, 0.15) is 11.4 Å². The number of nitrogens with zero attached hydrogens (tertiary/aromatic N) is 4. The van der Waals surface area contributed by atoms with E-state index < -0.39 is 17.2 Å². The zero-order valence-corrected chi connectivity index (χ0v) is 17.3. The molecule has 0 radical (unpaired) electrons. The van der Waals surface area contributed by atoms with Crippen LogP contribution in [0.2, 0.25) is 0 Å². The maximum absolute atomic E-state index is 13.2. The number of aromatic nitrogens is 2. The summed E-state index contributed by atoms with van der Waals surface area (Å²) >= 11 is 0. The number of hydrogen-bond donors (Lipinski definition) is 0. The van der Waals surface area contributed by atoms with Gasteiger partial charge in [0, 0.05) is 37.8 Å². The van der Waals surface area contributed by atoms with Crippen molar-refractivity contribution in [3.63, 3.8) is 0 Å². The highest BCUT2D eigenvalue weighted by molar-refractivity contribution is 5.84. The van der Waals surface area contributed by atoms with E-state index in [0.29, 0.717) is 44.0 Å². The molecule has 3 rings (SSSR count). The third kappa shape index (κ3) is 4.34. The van der Waals surface area contributed by atoms with Crippen molar-refractivity contribution in [1.29, 1.82) is 0 Å². The van der Waals surface area contributed by atoms with Crippen LogP contribution in [-0.2, 0) is 15.1 Å². The average molecular weight is 416 g/mol. The van der Waals surface area contributed by atoms with Crippen LogP contribution >= 0.6 is 0 Å². The topological polar surface area (TPSA) is 84.7 Å². The van der Waals surface area contributed by atoms with Crippen molar-refractivity contribution in [2.45, 2.75) is 26.3 Å². The van der Waals surface area contributed by atoms with Crippen molar-refractivity contribution in [1.82, 2.24) is 19.6 Å². The fraction of sp³-hybridized carbons (Fsp3) is 0.429. The van der Waals surface area contributed by atoms with Gasteiger partial charge in [0.15, 0.2) is 0 Å². The Labute approximate surface area is 173 Å². The molecule has 1 aliphatic rings. The van der Waals surface area contributed by atoms with Crippen LogP contribution in [0.15, 0.2) is 41.2 Å². The Hall–Kier alpha value is -3.23. The number of rotatable bonds is 4. The molecule has 0 spiro atoms. The molecular weight excluding hydrogens is 391 g/mol. The Morgan fingerprint density at radius 1 is 1.03 bits per heavy atom. The molecule has 0 saturated carbocycles. The lowest BCUT2D eigenvalue weighted by molar-refractivity contribution is -0.141. The summed E-state index contributed by atoms with van der Waals surface area (Å²) < 4.78 is 19.4. The van der Waals surface area contributed by atoms with Crippen LogP contribution in [0.5, 0.6) is 0 Å². The normalized spacial score (nSPS) is 14.5. The van der Waals surface area contributed by atoms with E-state index in [2.05, 4.69) is 5.10 Å². The van der Waals surface area contributed by atoms with E-state index in [9.17, 15) is 18.8 Å². The Kier molecular flexibility index (Phi) is 6.19. The van der Waals surface area contributed by atoms with Gasteiger partial charge in [-0.15, -0.1) is 0 Å². The predicted molar refractivity (Wildman–Crippen MR) is 108 cm³/mol. The molecule has 30 heavy (non-hydrogen) atoms. The monoisotopic (exact) mass is 416 g/mol. The fourth-order valence-electron chi connectivity index (χ4n) is 3.37. The lowest BCUT2D eigenvalue weighted by Crippen LogP contribution is -2.57. The van der Waals surface area contributed by atoms with Crippen molar-refractivity contribution >= 4 is 12.0 Å². The summed E-state index contributed by atoms with van der Waals surface area (Å²) in [6, 6.07) is 8.65. The van der Waals surface area contributed by atoms with Gasteiger partial charge in [0.25, 0.3) is 5.56 Å². The first-order chi connectivity index (χ1) is 14.2. The lowest BCUT2D eigenvalue weighted by atomic mass is 10.0. The van der Waals surface area contributed by atoms with Crippen LogP contribution in [0.25, 0.3) is 11.3 Å². The second kappa shape index (κ2) is 8.64. The van der Waals surface area contributed by atoms with Gasteiger partial charge >= 0.3 is 6.09 Å². The average Bonchev–Trinajstić information content (AvgIpc) is 2.74. The molecular formula is C21H25FN4O4. The van der Waals surface area contributed by atoms with Crippen molar-refractivity contribution in [3.05, 3.63) is 52.6 Å². The van der Waals surface area contributed by atoms with Crippen LogP contribution in [0.3, 0.4) is 0 Å². The molecule has 1 aromatic carbocycles. The maximum Gasteiger partial charge on any atom is 0.409 e. The van der Waals surface area contributed by atoms with Gasteiger partial charge < -0.3 is 14.5 Å². The lowest BCUT2D eigenvalue weighted by Gasteiger charge is -2.38. The predicted octanol–water partition coefficient (Wildman–Crippen LogP) is 2.09. The SMILES string of the molecule is CCOC(=O)N1CCN(C(=O)C(C)(C)n2nc(-c3ccc(F)cc3)ccc2=O)CC1. The summed E-state index contributed by atoms with van der Waals surface area (Å²) in [5, 5.41) is 4.38. The molecule has 0 aliphatic carbocycles. The number of carbonyl (C=O) groups is 2. The quantitative estimate of drug-likeness (QED) is 0.762. The van der Waals surface area contributed by atoms with Crippen LogP contribution in [-0.4, -0.2) is 64.4 Å². The van der Waals surface area contributed by atoms with Gasteiger partial charge in [-0.2, -0.15) is 5.10 Å². The smallest absolute Gasteiger partial charge is 0.409 e.